The zero-order valence-corrected chi connectivity index (χ0v) is 13.4. The third-order valence-electron chi connectivity index (χ3n) is 4.69. The molecule has 0 spiro atoms. The van der Waals surface area contributed by atoms with Gasteiger partial charge in [0.25, 0.3) is 0 Å². The molecule has 2 atom stereocenters. The first-order valence-electron chi connectivity index (χ1n) is 8.14. The van der Waals surface area contributed by atoms with Crippen LogP contribution in [-0.4, -0.2) is 61.2 Å². The standard InChI is InChI=1S/C16H33N3/c1-14-12-19-10-5-6-15(19)13-18(14)11-9-17-8-7-16(2,3)4/h14-15,17H,5-13H2,1-4H3. The van der Waals surface area contributed by atoms with E-state index >= 15 is 0 Å². The van der Waals surface area contributed by atoms with Gasteiger partial charge in [-0.15, -0.1) is 0 Å². The van der Waals surface area contributed by atoms with Gasteiger partial charge in [-0.3, -0.25) is 9.80 Å². The number of hydrogen-bond acceptors (Lipinski definition) is 3. The van der Waals surface area contributed by atoms with E-state index in [1.54, 1.807) is 0 Å². The second-order valence-electron chi connectivity index (χ2n) is 7.70. The van der Waals surface area contributed by atoms with E-state index in [-0.39, 0.29) is 0 Å². The maximum absolute atomic E-state index is 3.61. The Hall–Kier alpha value is -0.120. The first-order valence-corrected chi connectivity index (χ1v) is 8.14. The van der Waals surface area contributed by atoms with Crippen molar-refractivity contribution in [1.82, 2.24) is 15.1 Å². The van der Waals surface area contributed by atoms with E-state index in [0.29, 0.717) is 5.41 Å². The third kappa shape index (κ3) is 4.73. The molecule has 2 heterocycles. The third-order valence-corrected chi connectivity index (χ3v) is 4.69. The van der Waals surface area contributed by atoms with Gasteiger partial charge in [0, 0.05) is 38.3 Å². The lowest BCUT2D eigenvalue weighted by Gasteiger charge is -2.42. The minimum absolute atomic E-state index is 0.454. The molecule has 0 aliphatic carbocycles. The van der Waals surface area contributed by atoms with Crippen molar-refractivity contribution in [2.24, 2.45) is 5.41 Å². The number of rotatable bonds is 5. The smallest absolute Gasteiger partial charge is 0.0224 e. The summed E-state index contributed by atoms with van der Waals surface area (Å²) in [5.74, 6) is 0. The van der Waals surface area contributed by atoms with Crippen LogP contribution in [0.5, 0.6) is 0 Å². The second kappa shape index (κ2) is 6.55. The molecule has 3 heteroatoms. The molecule has 0 aromatic rings. The number of hydrogen-bond donors (Lipinski definition) is 1. The van der Waals surface area contributed by atoms with Gasteiger partial charge in [0.2, 0.25) is 0 Å². The van der Waals surface area contributed by atoms with Gasteiger partial charge in [0.05, 0.1) is 0 Å². The van der Waals surface area contributed by atoms with E-state index in [1.807, 2.05) is 0 Å². The van der Waals surface area contributed by atoms with Crippen molar-refractivity contribution in [3.63, 3.8) is 0 Å². The Balaban J connectivity index is 1.63. The van der Waals surface area contributed by atoms with Crippen LogP contribution in [0.25, 0.3) is 0 Å². The summed E-state index contributed by atoms with van der Waals surface area (Å²) >= 11 is 0. The van der Waals surface area contributed by atoms with Crippen LogP contribution in [0, 0.1) is 5.41 Å². The molecule has 1 N–H and O–H groups in total. The van der Waals surface area contributed by atoms with Crippen LogP contribution < -0.4 is 5.32 Å². The second-order valence-corrected chi connectivity index (χ2v) is 7.70. The van der Waals surface area contributed by atoms with Crippen LogP contribution in [0.4, 0.5) is 0 Å². The highest BCUT2D eigenvalue weighted by Gasteiger charge is 2.33. The summed E-state index contributed by atoms with van der Waals surface area (Å²) < 4.78 is 0. The molecule has 112 valence electrons. The van der Waals surface area contributed by atoms with E-state index < -0.39 is 0 Å². The van der Waals surface area contributed by atoms with Gasteiger partial charge in [-0.1, -0.05) is 20.8 Å². The van der Waals surface area contributed by atoms with Crippen molar-refractivity contribution in [2.75, 3.05) is 39.3 Å². The lowest BCUT2D eigenvalue weighted by Crippen LogP contribution is -2.56. The van der Waals surface area contributed by atoms with E-state index in [1.165, 1.54) is 45.4 Å². The SMILES string of the molecule is CC1CN2CCCC2CN1CCNCCC(C)(C)C. The van der Waals surface area contributed by atoms with Crippen molar-refractivity contribution in [2.45, 2.75) is 59.0 Å². The average molecular weight is 267 g/mol. The summed E-state index contributed by atoms with van der Waals surface area (Å²) in [7, 11) is 0. The van der Waals surface area contributed by atoms with Crippen LogP contribution in [-0.2, 0) is 0 Å². The van der Waals surface area contributed by atoms with Gasteiger partial charge in [-0.25, -0.2) is 0 Å². The largest absolute Gasteiger partial charge is 0.315 e. The Morgan fingerprint density at radius 3 is 2.68 bits per heavy atom. The molecule has 2 aliphatic rings. The molecule has 0 saturated carbocycles. The lowest BCUT2D eigenvalue weighted by molar-refractivity contribution is 0.0603. The molecule has 0 aromatic carbocycles. The monoisotopic (exact) mass is 267 g/mol. The Morgan fingerprint density at radius 2 is 1.95 bits per heavy atom. The summed E-state index contributed by atoms with van der Waals surface area (Å²) in [4.78, 5) is 5.39. The quantitative estimate of drug-likeness (QED) is 0.770. The van der Waals surface area contributed by atoms with Crippen LogP contribution >= 0.6 is 0 Å². The molecular formula is C16H33N3. The zero-order chi connectivity index (χ0) is 13.9. The minimum atomic E-state index is 0.454. The normalized spacial score (nSPS) is 29.7. The van der Waals surface area contributed by atoms with Crippen molar-refractivity contribution >= 4 is 0 Å². The summed E-state index contributed by atoms with van der Waals surface area (Å²) in [6.45, 7) is 16.8. The van der Waals surface area contributed by atoms with E-state index in [4.69, 9.17) is 0 Å². The zero-order valence-electron chi connectivity index (χ0n) is 13.4. The summed E-state index contributed by atoms with van der Waals surface area (Å²) in [6, 6.07) is 1.59. The molecule has 2 fully saturated rings. The Kier molecular flexibility index (Phi) is 5.27. The van der Waals surface area contributed by atoms with Crippen LogP contribution in [0.2, 0.25) is 0 Å². The molecular weight excluding hydrogens is 234 g/mol. The topological polar surface area (TPSA) is 18.5 Å². The van der Waals surface area contributed by atoms with Crippen molar-refractivity contribution in [3.8, 4) is 0 Å². The molecule has 2 saturated heterocycles. The number of fused-ring (bicyclic) bond motifs is 1. The minimum Gasteiger partial charge on any atom is -0.315 e. The van der Waals surface area contributed by atoms with E-state index in [2.05, 4.69) is 42.8 Å². The number of piperazine rings is 1. The molecule has 0 bridgehead atoms. The van der Waals surface area contributed by atoms with Gasteiger partial charge < -0.3 is 5.32 Å². The van der Waals surface area contributed by atoms with Gasteiger partial charge in [0.1, 0.15) is 0 Å². The summed E-state index contributed by atoms with van der Waals surface area (Å²) in [5, 5.41) is 3.61. The predicted molar refractivity (Wildman–Crippen MR) is 82.6 cm³/mol. The molecule has 2 rings (SSSR count). The Bertz CT molecular complexity index is 272. The molecule has 2 unspecified atom stereocenters. The summed E-state index contributed by atoms with van der Waals surface area (Å²) in [6.07, 6.45) is 4.09. The van der Waals surface area contributed by atoms with Crippen molar-refractivity contribution in [1.29, 1.82) is 0 Å². The van der Waals surface area contributed by atoms with Gasteiger partial charge >= 0.3 is 0 Å². The molecule has 0 aromatic heterocycles. The average Bonchev–Trinajstić information content (AvgIpc) is 2.74. The van der Waals surface area contributed by atoms with Crippen molar-refractivity contribution in [3.05, 3.63) is 0 Å². The fourth-order valence-electron chi connectivity index (χ4n) is 3.37. The molecule has 3 nitrogen and oxygen atoms in total. The predicted octanol–water partition coefficient (Wildman–Crippen LogP) is 2.18. The van der Waals surface area contributed by atoms with E-state index in [9.17, 15) is 0 Å². The maximum Gasteiger partial charge on any atom is 0.0224 e. The fraction of sp³-hybridized carbons (Fsp3) is 1.00. The number of nitrogens with zero attached hydrogens (tertiary/aromatic N) is 2. The highest BCUT2D eigenvalue weighted by molar-refractivity contribution is 4.90. The lowest BCUT2D eigenvalue weighted by atomic mass is 9.92. The van der Waals surface area contributed by atoms with Crippen LogP contribution in [0.3, 0.4) is 0 Å². The van der Waals surface area contributed by atoms with Crippen LogP contribution in [0.15, 0.2) is 0 Å². The maximum atomic E-state index is 3.61. The Morgan fingerprint density at radius 1 is 1.16 bits per heavy atom. The van der Waals surface area contributed by atoms with Crippen molar-refractivity contribution < 1.29 is 0 Å². The highest BCUT2D eigenvalue weighted by Crippen LogP contribution is 2.24. The van der Waals surface area contributed by atoms with Gasteiger partial charge in [0.15, 0.2) is 0 Å². The highest BCUT2D eigenvalue weighted by atomic mass is 15.3. The van der Waals surface area contributed by atoms with Crippen LogP contribution in [0.1, 0.15) is 47.0 Å². The van der Waals surface area contributed by atoms with Gasteiger partial charge in [-0.05, 0) is 44.7 Å². The first kappa shape index (κ1) is 15.3. The summed E-state index contributed by atoms with van der Waals surface area (Å²) in [5.41, 5.74) is 0.454. The first-order chi connectivity index (χ1) is 8.96. The molecule has 19 heavy (non-hydrogen) atoms. The van der Waals surface area contributed by atoms with Gasteiger partial charge in [-0.2, -0.15) is 0 Å². The number of nitrogens with one attached hydrogen (secondary N) is 1. The molecule has 0 radical (unpaired) electrons. The fourth-order valence-corrected chi connectivity index (χ4v) is 3.37. The van der Waals surface area contributed by atoms with E-state index in [0.717, 1.165) is 25.2 Å². The molecule has 0 amide bonds. The molecule has 2 aliphatic heterocycles. The Labute approximate surface area is 119 Å².